The fraction of sp³-hybridized carbons (Fsp3) is 0.348. The quantitative estimate of drug-likeness (QED) is 0.449. The molecule has 1 aliphatic carbocycles. The van der Waals surface area contributed by atoms with Crippen LogP contribution in [0.5, 0.6) is 11.5 Å². The highest BCUT2D eigenvalue weighted by Crippen LogP contribution is 2.51. The number of nitro groups is 1. The lowest BCUT2D eigenvalue weighted by Crippen LogP contribution is -2.49. The predicted octanol–water partition coefficient (Wildman–Crippen LogP) is 4.60. The van der Waals surface area contributed by atoms with Crippen molar-refractivity contribution in [2.45, 2.75) is 37.8 Å². The highest BCUT2D eigenvalue weighted by Gasteiger charge is 2.56. The minimum Gasteiger partial charge on any atom is -0.454 e. The van der Waals surface area contributed by atoms with Gasteiger partial charge in [0, 0.05) is 22.6 Å². The highest BCUT2D eigenvalue weighted by molar-refractivity contribution is 8.03. The van der Waals surface area contributed by atoms with E-state index in [9.17, 15) is 20.0 Å². The van der Waals surface area contributed by atoms with E-state index in [1.54, 1.807) is 42.5 Å². The molecule has 1 amide bonds. The zero-order chi connectivity index (χ0) is 23.8. The van der Waals surface area contributed by atoms with E-state index in [1.165, 1.54) is 18.7 Å². The summed E-state index contributed by atoms with van der Waals surface area (Å²) in [5, 5.41) is 26.8. The van der Waals surface area contributed by atoms with Crippen molar-refractivity contribution in [1.29, 1.82) is 0 Å². The molecule has 33 heavy (non-hydrogen) atoms. The van der Waals surface area contributed by atoms with Crippen molar-refractivity contribution in [1.82, 2.24) is 0 Å². The minimum absolute atomic E-state index is 0.00820. The van der Waals surface area contributed by atoms with Crippen LogP contribution >= 0.6 is 23.4 Å². The van der Waals surface area contributed by atoms with Crippen molar-refractivity contribution in [3.63, 3.8) is 0 Å². The summed E-state index contributed by atoms with van der Waals surface area (Å²) < 4.78 is 10.8. The Morgan fingerprint density at radius 3 is 2.64 bits per heavy atom. The highest BCUT2D eigenvalue weighted by atomic mass is 35.5. The van der Waals surface area contributed by atoms with E-state index in [2.05, 4.69) is 5.32 Å². The van der Waals surface area contributed by atoms with Crippen LogP contribution in [0.25, 0.3) is 0 Å². The third kappa shape index (κ3) is 4.28. The average Bonchev–Trinajstić information content (AvgIpc) is 3.25. The maximum Gasteiger partial charge on any atom is 0.257 e. The number of anilines is 1. The predicted molar refractivity (Wildman–Crippen MR) is 127 cm³/mol. The standard InChI is InChI=1S/C23H23ClN2O6S/c1-3-33-21-20(22(28)25-15-7-5-14(24)6-8-15)17(27)11-16(23(21,2)26(29)30)13-4-9-18-19(10-13)32-12-31-18/h4-10,16-17,27H,3,11-12H2,1-2H3,(H,25,28). The zero-order valence-corrected chi connectivity index (χ0v) is 19.6. The van der Waals surface area contributed by atoms with Crippen LogP contribution in [0.1, 0.15) is 31.7 Å². The van der Waals surface area contributed by atoms with E-state index in [-0.39, 0.29) is 28.6 Å². The van der Waals surface area contributed by atoms with Crippen LogP contribution in [0.2, 0.25) is 5.02 Å². The number of ether oxygens (including phenoxy) is 2. The molecule has 1 aliphatic heterocycles. The number of carbonyl (C=O) groups is 1. The van der Waals surface area contributed by atoms with Crippen LogP contribution in [0.15, 0.2) is 52.9 Å². The number of thioether (sulfide) groups is 1. The molecule has 0 bridgehead atoms. The molecule has 3 atom stereocenters. The summed E-state index contributed by atoms with van der Waals surface area (Å²) in [6, 6.07) is 11.7. The Hall–Kier alpha value is -2.75. The molecule has 2 N–H and O–H groups in total. The first-order chi connectivity index (χ1) is 15.8. The van der Waals surface area contributed by atoms with E-state index < -0.39 is 23.5 Å². The molecule has 3 unspecified atom stereocenters. The molecule has 10 heteroatoms. The van der Waals surface area contributed by atoms with Gasteiger partial charge in [0.05, 0.1) is 22.5 Å². The minimum atomic E-state index is -1.62. The molecule has 2 aliphatic rings. The van der Waals surface area contributed by atoms with Crippen LogP contribution in [-0.2, 0) is 4.79 Å². The van der Waals surface area contributed by atoms with Crippen LogP contribution < -0.4 is 14.8 Å². The van der Waals surface area contributed by atoms with Gasteiger partial charge in [-0.2, -0.15) is 0 Å². The van der Waals surface area contributed by atoms with Gasteiger partial charge in [-0.1, -0.05) is 24.6 Å². The van der Waals surface area contributed by atoms with Crippen LogP contribution in [-0.4, -0.2) is 40.1 Å². The summed E-state index contributed by atoms with van der Waals surface area (Å²) >= 11 is 7.11. The van der Waals surface area contributed by atoms with Gasteiger partial charge in [0.15, 0.2) is 11.5 Å². The molecule has 1 heterocycles. The largest absolute Gasteiger partial charge is 0.454 e. The van der Waals surface area contributed by atoms with E-state index in [0.29, 0.717) is 33.5 Å². The lowest BCUT2D eigenvalue weighted by Gasteiger charge is -2.39. The van der Waals surface area contributed by atoms with Gasteiger partial charge in [0.25, 0.3) is 11.4 Å². The molecule has 4 rings (SSSR count). The number of nitrogens with zero attached hydrogens (tertiary/aromatic N) is 1. The van der Waals surface area contributed by atoms with Crippen LogP contribution in [0, 0.1) is 10.1 Å². The molecule has 0 fully saturated rings. The van der Waals surface area contributed by atoms with Crippen molar-refractivity contribution < 1.29 is 24.3 Å². The Bertz CT molecular complexity index is 1120. The van der Waals surface area contributed by atoms with E-state index in [4.69, 9.17) is 21.1 Å². The number of halogens is 1. The summed E-state index contributed by atoms with van der Waals surface area (Å²) in [5.41, 5.74) is -0.484. The van der Waals surface area contributed by atoms with Crippen molar-refractivity contribution in [2.75, 3.05) is 17.9 Å². The van der Waals surface area contributed by atoms with Gasteiger partial charge in [-0.3, -0.25) is 14.9 Å². The Kier molecular flexibility index (Phi) is 6.56. The molecule has 2 aromatic rings. The van der Waals surface area contributed by atoms with Gasteiger partial charge >= 0.3 is 0 Å². The third-order valence-corrected chi connectivity index (χ3v) is 7.45. The monoisotopic (exact) mass is 490 g/mol. The van der Waals surface area contributed by atoms with Gasteiger partial charge in [-0.15, -0.1) is 11.8 Å². The summed E-state index contributed by atoms with van der Waals surface area (Å²) in [5.74, 6) is 0.320. The van der Waals surface area contributed by atoms with E-state index >= 15 is 0 Å². The second-order valence-corrected chi connectivity index (χ2v) is 9.67. The number of aliphatic hydroxyl groups excluding tert-OH is 1. The lowest BCUT2D eigenvalue weighted by atomic mass is 9.71. The number of fused-ring (bicyclic) bond motifs is 1. The molecule has 2 aromatic carbocycles. The topological polar surface area (TPSA) is 111 Å². The maximum atomic E-state index is 13.2. The first-order valence-electron chi connectivity index (χ1n) is 10.4. The Morgan fingerprint density at radius 2 is 1.97 bits per heavy atom. The molecule has 8 nitrogen and oxygen atoms in total. The molecule has 0 saturated carbocycles. The summed E-state index contributed by atoms with van der Waals surface area (Å²) in [6.45, 7) is 3.45. The number of amides is 1. The van der Waals surface area contributed by atoms with Gasteiger partial charge < -0.3 is 19.9 Å². The Morgan fingerprint density at radius 1 is 1.27 bits per heavy atom. The lowest BCUT2D eigenvalue weighted by molar-refractivity contribution is -0.557. The smallest absolute Gasteiger partial charge is 0.257 e. The molecular weight excluding hydrogens is 468 g/mol. The van der Waals surface area contributed by atoms with Crippen molar-refractivity contribution in [3.05, 3.63) is 73.6 Å². The molecule has 174 valence electrons. The average molecular weight is 491 g/mol. The van der Waals surface area contributed by atoms with E-state index in [1.807, 2.05) is 6.92 Å². The SMILES string of the molecule is CCSC1=C(C(=O)Nc2ccc(Cl)cc2)C(O)CC(c2ccc3c(c2)OCO3)C1(C)[N+](=O)[O-]. The summed E-state index contributed by atoms with van der Waals surface area (Å²) in [6.07, 6.45) is -1.18. The number of aliphatic hydroxyl groups is 1. The first-order valence-corrected chi connectivity index (χ1v) is 11.8. The van der Waals surface area contributed by atoms with Crippen LogP contribution in [0.4, 0.5) is 5.69 Å². The summed E-state index contributed by atoms with van der Waals surface area (Å²) in [4.78, 5) is 25.6. The Labute approximate surface area is 200 Å². The van der Waals surface area contributed by atoms with Gasteiger partial charge in [0.1, 0.15) is 0 Å². The van der Waals surface area contributed by atoms with Crippen molar-refractivity contribution >= 4 is 35.0 Å². The third-order valence-electron chi connectivity index (χ3n) is 5.99. The second kappa shape index (κ2) is 9.24. The number of rotatable bonds is 6. The molecular formula is C23H23ClN2O6S. The normalized spacial score (nSPS) is 24.0. The fourth-order valence-electron chi connectivity index (χ4n) is 4.31. The second-order valence-electron chi connectivity index (χ2n) is 7.96. The fourth-order valence-corrected chi connectivity index (χ4v) is 5.62. The molecule has 0 aromatic heterocycles. The molecule has 0 spiro atoms. The Balaban J connectivity index is 1.78. The van der Waals surface area contributed by atoms with Gasteiger partial charge in [-0.05, 0) is 54.1 Å². The number of carbonyl (C=O) groups excluding carboxylic acids is 1. The van der Waals surface area contributed by atoms with Crippen LogP contribution in [0.3, 0.4) is 0 Å². The number of nitrogens with one attached hydrogen (secondary N) is 1. The number of benzene rings is 2. The van der Waals surface area contributed by atoms with Gasteiger partial charge in [0.2, 0.25) is 6.79 Å². The molecule has 0 saturated heterocycles. The number of hydrogen-bond donors (Lipinski definition) is 2. The zero-order valence-electron chi connectivity index (χ0n) is 18.0. The first kappa shape index (κ1) is 23.4. The molecule has 0 radical (unpaired) electrons. The van der Waals surface area contributed by atoms with Gasteiger partial charge in [-0.25, -0.2) is 0 Å². The number of hydrogen-bond acceptors (Lipinski definition) is 7. The van der Waals surface area contributed by atoms with E-state index in [0.717, 1.165) is 0 Å². The summed E-state index contributed by atoms with van der Waals surface area (Å²) in [7, 11) is 0. The van der Waals surface area contributed by atoms with Crippen molar-refractivity contribution in [3.8, 4) is 11.5 Å². The van der Waals surface area contributed by atoms with Crippen molar-refractivity contribution in [2.24, 2.45) is 0 Å². The maximum absolute atomic E-state index is 13.2.